The fraction of sp³-hybridized carbons (Fsp3) is 0.190. The molecule has 0 radical (unpaired) electrons. The molecule has 1 aliphatic carbocycles. The van der Waals surface area contributed by atoms with Gasteiger partial charge in [0, 0.05) is 35.5 Å². The molecule has 0 atom stereocenters. The molecule has 0 N–H and O–H groups in total. The summed E-state index contributed by atoms with van der Waals surface area (Å²) in [7, 11) is 0. The lowest BCUT2D eigenvalue weighted by Gasteiger charge is -2.23. The van der Waals surface area contributed by atoms with Gasteiger partial charge in [0.2, 0.25) is 0 Å². The van der Waals surface area contributed by atoms with Gasteiger partial charge in [-0.2, -0.15) is 4.98 Å². The largest absolute Gasteiger partial charge is 0.432 e. The van der Waals surface area contributed by atoms with Crippen LogP contribution >= 0.6 is 0 Å². The first-order valence-electron chi connectivity index (χ1n) is 9.45. The standard InChI is InChI=1S/C21H15F2N5O/c22-14-5-6-15(16(23)10-14)18-19(27-8-9-29-21(27)24-18)13-4-7-17-25-26-20(28(17)11-13)12-2-1-3-12/h4-12H,1-3H2. The second kappa shape index (κ2) is 5.97. The second-order valence-corrected chi connectivity index (χ2v) is 7.32. The summed E-state index contributed by atoms with van der Waals surface area (Å²) in [6.45, 7) is 0. The molecule has 6 nitrogen and oxygen atoms in total. The van der Waals surface area contributed by atoms with Crippen molar-refractivity contribution < 1.29 is 13.2 Å². The predicted molar refractivity (Wildman–Crippen MR) is 101 cm³/mol. The average Bonchev–Trinajstić information content (AvgIpc) is 3.35. The van der Waals surface area contributed by atoms with Crippen molar-refractivity contribution in [2.75, 3.05) is 0 Å². The molecular weight excluding hydrogens is 376 g/mol. The van der Waals surface area contributed by atoms with Gasteiger partial charge in [0.25, 0.3) is 0 Å². The Morgan fingerprint density at radius 2 is 1.93 bits per heavy atom. The predicted octanol–water partition coefficient (Wildman–Crippen LogP) is 4.85. The molecule has 0 amide bonds. The van der Waals surface area contributed by atoms with E-state index in [0.29, 0.717) is 23.1 Å². The van der Waals surface area contributed by atoms with Crippen molar-refractivity contribution in [2.45, 2.75) is 25.2 Å². The van der Waals surface area contributed by atoms with E-state index in [1.165, 1.54) is 24.8 Å². The van der Waals surface area contributed by atoms with E-state index >= 15 is 0 Å². The van der Waals surface area contributed by atoms with Crippen LogP contribution in [0.4, 0.5) is 8.78 Å². The average molecular weight is 391 g/mol. The van der Waals surface area contributed by atoms with Gasteiger partial charge in [-0.25, -0.2) is 8.78 Å². The molecular formula is C21H15F2N5O. The highest BCUT2D eigenvalue weighted by atomic mass is 19.1. The lowest BCUT2D eigenvalue weighted by Crippen LogP contribution is -2.12. The van der Waals surface area contributed by atoms with E-state index in [1.54, 1.807) is 10.6 Å². The Hall–Kier alpha value is -3.55. The van der Waals surface area contributed by atoms with E-state index in [2.05, 4.69) is 15.2 Å². The van der Waals surface area contributed by atoms with Gasteiger partial charge in [-0.3, -0.25) is 8.80 Å². The van der Waals surface area contributed by atoms with Crippen molar-refractivity contribution in [1.82, 2.24) is 24.0 Å². The van der Waals surface area contributed by atoms with Crippen LogP contribution in [0.3, 0.4) is 0 Å². The van der Waals surface area contributed by atoms with Gasteiger partial charge in [-0.05, 0) is 37.1 Å². The van der Waals surface area contributed by atoms with Crippen LogP contribution < -0.4 is 0 Å². The van der Waals surface area contributed by atoms with E-state index < -0.39 is 11.6 Å². The number of pyridine rings is 1. The third-order valence-corrected chi connectivity index (χ3v) is 5.62. The number of imidazole rings is 1. The zero-order valence-corrected chi connectivity index (χ0v) is 15.2. The van der Waals surface area contributed by atoms with Gasteiger partial charge in [0.05, 0.1) is 5.69 Å². The highest BCUT2D eigenvalue weighted by molar-refractivity contribution is 5.81. The molecule has 6 rings (SSSR count). The number of rotatable bonds is 3. The normalized spacial score (nSPS) is 14.7. The van der Waals surface area contributed by atoms with E-state index in [9.17, 15) is 8.78 Å². The molecule has 1 aromatic carbocycles. The lowest BCUT2D eigenvalue weighted by molar-refractivity contribution is 0.399. The van der Waals surface area contributed by atoms with Gasteiger partial charge in [0.15, 0.2) is 5.65 Å². The van der Waals surface area contributed by atoms with Crippen LogP contribution in [0.5, 0.6) is 0 Å². The summed E-state index contributed by atoms with van der Waals surface area (Å²) in [6.07, 6.45) is 8.61. The van der Waals surface area contributed by atoms with Crippen LogP contribution in [-0.2, 0) is 0 Å². The lowest BCUT2D eigenvalue weighted by atomic mass is 9.85. The number of oxazole rings is 1. The number of nitrogens with zero attached hydrogens (tertiary/aromatic N) is 5. The van der Waals surface area contributed by atoms with Gasteiger partial charge >= 0.3 is 5.84 Å². The number of aromatic nitrogens is 5. The summed E-state index contributed by atoms with van der Waals surface area (Å²) < 4.78 is 37.2. The minimum Gasteiger partial charge on any atom is -0.432 e. The highest BCUT2D eigenvalue weighted by Crippen LogP contribution is 2.37. The monoisotopic (exact) mass is 391 g/mol. The van der Waals surface area contributed by atoms with E-state index in [-0.39, 0.29) is 5.56 Å². The van der Waals surface area contributed by atoms with Crippen molar-refractivity contribution >= 4 is 11.5 Å². The zero-order valence-electron chi connectivity index (χ0n) is 15.2. The summed E-state index contributed by atoms with van der Waals surface area (Å²) in [6, 6.07) is 7.26. The maximum Gasteiger partial charge on any atom is 0.306 e. The summed E-state index contributed by atoms with van der Waals surface area (Å²) >= 11 is 0. The Morgan fingerprint density at radius 3 is 2.72 bits per heavy atom. The Kier molecular flexibility index (Phi) is 3.38. The van der Waals surface area contributed by atoms with E-state index in [1.807, 2.05) is 22.7 Å². The molecule has 0 saturated heterocycles. The zero-order chi connectivity index (χ0) is 19.5. The fourth-order valence-corrected chi connectivity index (χ4v) is 3.92. The van der Waals surface area contributed by atoms with Crippen LogP contribution in [0, 0.1) is 11.6 Å². The Labute approximate surface area is 163 Å². The SMILES string of the molecule is Fc1ccc(-c2nc3occn3c2-c2ccc3nnc(C4CCC4)n3c2)c(F)c1. The van der Waals surface area contributed by atoms with Crippen molar-refractivity contribution in [3.8, 4) is 22.5 Å². The summed E-state index contributed by atoms with van der Waals surface area (Å²) in [4.78, 5) is 4.46. The van der Waals surface area contributed by atoms with Crippen LogP contribution in [0.15, 0.2) is 53.4 Å². The van der Waals surface area contributed by atoms with Gasteiger partial charge in [-0.15, -0.1) is 10.2 Å². The first-order valence-corrected chi connectivity index (χ1v) is 9.45. The topological polar surface area (TPSA) is 60.6 Å². The Balaban J connectivity index is 1.60. The fourth-order valence-electron chi connectivity index (χ4n) is 3.92. The molecule has 1 aliphatic rings. The molecule has 4 heterocycles. The van der Waals surface area contributed by atoms with Crippen LogP contribution in [0.1, 0.15) is 31.0 Å². The molecule has 0 unspecified atom stereocenters. The Bertz CT molecular complexity index is 1380. The van der Waals surface area contributed by atoms with Crippen molar-refractivity contribution in [1.29, 1.82) is 0 Å². The third kappa shape index (κ3) is 2.41. The molecule has 5 aromatic rings. The van der Waals surface area contributed by atoms with Crippen molar-refractivity contribution in [3.63, 3.8) is 0 Å². The van der Waals surface area contributed by atoms with E-state index in [4.69, 9.17) is 4.42 Å². The van der Waals surface area contributed by atoms with Gasteiger partial charge in [0.1, 0.15) is 29.4 Å². The molecule has 1 saturated carbocycles. The molecule has 4 aromatic heterocycles. The van der Waals surface area contributed by atoms with Crippen LogP contribution in [-0.4, -0.2) is 24.0 Å². The molecule has 0 aliphatic heterocycles. The summed E-state index contributed by atoms with van der Waals surface area (Å²) in [5, 5.41) is 8.64. The molecule has 1 fully saturated rings. The second-order valence-electron chi connectivity index (χ2n) is 7.32. The van der Waals surface area contributed by atoms with Crippen LogP contribution in [0.25, 0.3) is 34.0 Å². The number of fused-ring (bicyclic) bond motifs is 2. The van der Waals surface area contributed by atoms with Gasteiger partial charge in [-0.1, -0.05) is 6.42 Å². The minimum atomic E-state index is -0.674. The molecule has 0 bridgehead atoms. The highest BCUT2D eigenvalue weighted by Gasteiger charge is 2.26. The Morgan fingerprint density at radius 1 is 1.03 bits per heavy atom. The maximum atomic E-state index is 14.5. The van der Waals surface area contributed by atoms with E-state index in [0.717, 1.165) is 35.9 Å². The molecule has 0 spiro atoms. The molecule has 144 valence electrons. The summed E-state index contributed by atoms with van der Waals surface area (Å²) in [5.41, 5.74) is 2.83. The third-order valence-electron chi connectivity index (χ3n) is 5.62. The first kappa shape index (κ1) is 16.4. The number of hydrogen-bond acceptors (Lipinski definition) is 4. The van der Waals surface area contributed by atoms with Gasteiger partial charge < -0.3 is 4.42 Å². The maximum absolute atomic E-state index is 14.5. The minimum absolute atomic E-state index is 0.211. The number of benzene rings is 1. The molecule has 8 heteroatoms. The smallest absolute Gasteiger partial charge is 0.306 e. The number of hydrogen-bond donors (Lipinski definition) is 0. The first-order chi connectivity index (χ1) is 14.2. The number of halogens is 2. The molecule has 29 heavy (non-hydrogen) atoms. The van der Waals surface area contributed by atoms with Crippen LogP contribution in [0.2, 0.25) is 0 Å². The quantitative estimate of drug-likeness (QED) is 0.441. The van der Waals surface area contributed by atoms with Crippen molar-refractivity contribution in [3.05, 3.63) is 66.4 Å². The van der Waals surface area contributed by atoms with Crippen molar-refractivity contribution in [2.24, 2.45) is 0 Å². The summed E-state index contributed by atoms with van der Waals surface area (Å²) in [5.74, 6) is 0.380.